The molecule has 7 heteroatoms. The molecule has 0 aliphatic heterocycles. The van der Waals surface area contributed by atoms with E-state index < -0.39 is 17.2 Å². The van der Waals surface area contributed by atoms with Crippen LogP contribution < -0.4 is 22.7 Å². The summed E-state index contributed by atoms with van der Waals surface area (Å²) in [7, 11) is 1.55. The van der Waals surface area contributed by atoms with Crippen LogP contribution in [0.4, 0.5) is 5.69 Å². The average Bonchev–Trinajstić information content (AvgIpc) is 2.40. The molecule has 20 heavy (non-hydrogen) atoms. The van der Waals surface area contributed by atoms with Crippen LogP contribution in [-0.2, 0) is 13.6 Å². The zero-order valence-electron chi connectivity index (χ0n) is 10.9. The van der Waals surface area contributed by atoms with E-state index in [1.807, 2.05) is 0 Å². The molecule has 0 aliphatic rings. The lowest BCUT2D eigenvalue weighted by molar-refractivity contribution is 0.100. The maximum absolute atomic E-state index is 11.9. The van der Waals surface area contributed by atoms with Gasteiger partial charge < -0.3 is 16.0 Å². The zero-order chi connectivity index (χ0) is 14.9. The highest BCUT2D eigenvalue weighted by Crippen LogP contribution is 2.14. The second kappa shape index (κ2) is 5.04. The van der Waals surface area contributed by atoms with E-state index in [1.165, 1.54) is 29.0 Å². The second-order valence-electron chi connectivity index (χ2n) is 4.41. The molecule has 0 radical (unpaired) electrons. The van der Waals surface area contributed by atoms with E-state index >= 15 is 0 Å². The Balaban J connectivity index is 2.46. The van der Waals surface area contributed by atoms with E-state index in [0.29, 0.717) is 11.3 Å². The fourth-order valence-electron chi connectivity index (χ4n) is 1.82. The lowest BCUT2D eigenvalue weighted by atomic mass is 10.1. The van der Waals surface area contributed by atoms with Crippen LogP contribution in [0.5, 0.6) is 0 Å². The number of anilines is 1. The standard InChI is InChI=1S/C13H14N4O3/c1-16-5-4-11(18)17(13(16)20)7-9-3-2-8(12(15)19)6-10(9)14/h2-6H,7,14H2,1H3,(H2,15,19). The van der Waals surface area contributed by atoms with E-state index in [9.17, 15) is 14.4 Å². The van der Waals surface area contributed by atoms with Gasteiger partial charge in [-0.25, -0.2) is 4.79 Å². The molecular formula is C13H14N4O3. The van der Waals surface area contributed by atoms with Crippen molar-refractivity contribution in [2.45, 2.75) is 6.54 Å². The van der Waals surface area contributed by atoms with Crippen LogP contribution in [0.15, 0.2) is 40.1 Å². The number of hydrogen-bond acceptors (Lipinski definition) is 4. The first-order chi connectivity index (χ1) is 9.40. The summed E-state index contributed by atoms with van der Waals surface area (Å²) in [5, 5.41) is 0. The van der Waals surface area contributed by atoms with Crippen molar-refractivity contribution in [2.24, 2.45) is 12.8 Å². The number of nitrogens with zero attached hydrogens (tertiary/aromatic N) is 2. The third kappa shape index (κ3) is 2.46. The first-order valence-corrected chi connectivity index (χ1v) is 5.85. The predicted octanol–water partition coefficient (Wildman–Crippen LogP) is -0.724. The number of carbonyl (C=O) groups excluding carboxylic acids is 1. The number of benzene rings is 1. The summed E-state index contributed by atoms with van der Waals surface area (Å²) in [4.78, 5) is 34.6. The molecule has 4 N–H and O–H groups in total. The van der Waals surface area contributed by atoms with Gasteiger partial charge in [0.05, 0.1) is 6.54 Å². The summed E-state index contributed by atoms with van der Waals surface area (Å²) < 4.78 is 2.37. The van der Waals surface area contributed by atoms with Crippen LogP contribution in [0.3, 0.4) is 0 Å². The van der Waals surface area contributed by atoms with E-state index in [1.54, 1.807) is 13.1 Å². The van der Waals surface area contributed by atoms with Crippen LogP contribution in [0.2, 0.25) is 0 Å². The van der Waals surface area contributed by atoms with Crippen LogP contribution in [0, 0.1) is 0 Å². The maximum atomic E-state index is 11.9. The van der Waals surface area contributed by atoms with E-state index in [-0.39, 0.29) is 12.1 Å². The van der Waals surface area contributed by atoms with Gasteiger partial charge in [0.15, 0.2) is 0 Å². The van der Waals surface area contributed by atoms with Crippen molar-refractivity contribution in [1.82, 2.24) is 9.13 Å². The van der Waals surface area contributed by atoms with Crippen molar-refractivity contribution in [1.29, 1.82) is 0 Å². The molecule has 0 unspecified atom stereocenters. The summed E-state index contributed by atoms with van der Waals surface area (Å²) in [6, 6.07) is 5.81. The Morgan fingerprint density at radius 2 is 1.95 bits per heavy atom. The van der Waals surface area contributed by atoms with Crippen molar-refractivity contribution in [3.05, 3.63) is 62.4 Å². The predicted molar refractivity (Wildman–Crippen MR) is 74.4 cm³/mol. The Morgan fingerprint density at radius 1 is 1.25 bits per heavy atom. The quantitative estimate of drug-likeness (QED) is 0.719. The highest BCUT2D eigenvalue weighted by atomic mass is 16.2. The van der Waals surface area contributed by atoms with Crippen LogP contribution in [0.1, 0.15) is 15.9 Å². The van der Waals surface area contributed by atoms with Gasteiger partial charge in [-0.1, -0.05) is 6.07 Å². The van der Waals surface area contributed by atoms with Gasteiger partial charge in [-0.2, -0.15) is 0 Å². The van der Waals surface area contributed by atoms with Gasteiger partial charge in [0.2, 0.25) is 5.91 Å². The van der Waals surface area contributed by atoms with Crippen LogP contribution in [0.25, 0.3) is 0 Å². The van der Waals surface area contributed by atoms with Gasteiger partial charge in [0.1, 0.15) is 0 Å². The van der Waals surface area contributed by atoms with Crippen LogP contribution >= 0.6 is 0 Å². The van der Waals surface area contributed by atoms with E-state index in [0.717, 1.165) is 4.57 Å². The van der Waals surface area contributed by atoms with Gasteiger partial charge in [-0.05, 0) is 17.7 Å². The minimum atomic E-state index is -0.587. The Bertz CT molecular complexity index is 789. The molecule has 1 aromatic carbocycles. The summed E-state index contributed by atoms with van der Waals surface area (Å²) >= 11 is 0. The Labute approximate surface area is 114 Å². The Morgan fingerprint density at radius 3 is 2.55 bits per heavy atom. The van der Waals surface area contributed by atoms with Gasteiger partial charge >= 0.3 is 5.69 Å². The number of rotatable bonds is 3. The second-order valence-corrected chi connectivity index (χ2v) is 4.41. The van der Waals surface area contributed by atoms with Gasteiger partial charge in [-0.3, -0.25) is 14.2 Å². The highest BCUT2D eigenvalue weighted by molar-refractivity contribution is 5.93. The van der Waals surface area contributed by atoms with E-state index in [2.05, 4.69) is 0 Å². The third-order valence-electron chi connectivity index (χ3n) is 3.00. The molecule has 104 valence electrons. The van der Waals surface area contributed by atoms with Crippen LogP contribution in [-0.4, -0.2) is 15.0 Å². The molecule has 0 spiro atoms. The molecule has 0 bridgehead atoms. The smallest absolute Gasteiger partial charge is 0.331 e. The summed E-state index contributed by atoms with van der Waals surface area (Å²) in [5.41, 5.74) is 11.3. The lowest BCUT2D eigenvalue weighted by Gasteiger charge is -2.09. The van der Waals surface area contributed by atoms with Gasteiger partial charge in [-0.15, -0.1) is 0 Å². The SMILES string of the molecule is Cn1ccc(=O)n(Cc2ccc(C(N)=O)cc2N)c1=O. The number of nitrogen functional groups attached to an aromatic ring is 1. The molecule has 2 rings (SSSR count). The van der Waals surface area contributed by atoms with Gasteiger partial charge in [0, 0.05) is 30.6 Å². The number of nitrogens with two attached hydrogens (primary N) is 2. The number of carbonyl (C=O) groups is 1. The molecular weight excluding hydrogens is 260 g/mol. The lowest BCUT2D eigenvalue weighted by Crippen LogP contribution is -2.38. The highest BCUT2D eigenvalue weighted by Gasteiger charge is 2.08. The van der Waals surface area contributed by atoms with Crippen molar-refractivity contribution < 1.29 is 4.79 Å². The van der Waals surface area contributed by atoms with Gasteiger partial charge in [0.25, 0.3) is 5.56 Å². The fourth-order valence-corrected chi connectivity index (χ4v) is 1.82. The summed E-state index contributed by atoms with van der Waals surface area (Å²) in [5.74, 6) is -0.587. The molecule has 0 fully saturated rings. The first-order valence-electron chi connectivity index (χ1n) is 5.85. The number of primary amides is 1. The molecule has 1 heterocycles. The molecule has 0 saturated heterocycles. The summed E-state index contributed by atoms with van der Waals surface area (Å²) in [6.07, 6.45) is 1.40. The summed E-state index contributed by atoms with van der Waals surface area (Å²) in [6.45, 7) is 0.0389. The molecule has 0 aliphatic carbocycles. The van der Waals surface area contributed by atoms with Crippen molar-refractivity contribution in [2.75, 3.05) is 5.73 Å². The van der Waals surface area contributed by atoms with Crippen molar-refractivity contribution in [3.8, 4) is 0 Å². The number of amides is 1. The molecule has 1 amide bonds. The number of aromatic nitrogens is 2. The maximum Gasteiger partial charge on any atom is 0.331 e. The van der Waals surface area contributed by atoms with E-state index in [4.69, 9.17) is 11.5 Å². The number of hydrogen-bond donors (Lipinski definition) is 2. The Kier molecular flexibility index (Phi) is 3.43. The molecule has 0 atom stereocenters. The Hall–Kier alpha value is -2.83. The third-order valence-corrected chi connectivity index (χ3v) is 3.00. The molecule has 7 nitrogen and oxygen atoms in total. The average molecular weight is 274 g/mol. The minimum absolute atomic E-state index is 0.0389. The largest absolute Gasteiger partial charge is 0.398 e. The zero-order valence-corrected chi connectivity index (χ0v) is 10.9. The fraction of sp³-hybridized carbons (Fsp3) is 0.154. The molecule has 0 saturated carbocycles. The topological polar surface area (TPSA) is 113 Å². The number of aryl methyl sites for hydroxylation is 1. The molecule has 2 aromatic rings. The van der Waals surface area contributed by atoms with Crippen molar-refractivity contribution >= 4 is 11.6 Å². The molecule has 1 aromatic heterocycles. The van der Waals surface area contributed by atoms with Crippen molar-refractivity contribution in [3.63, 3.8) is 0 Å². The first kappa shape index (κ1) is 13.6. The minimum Gasteiger partial charge on any atom is -0.398 e. The normalized spacial score (nSPS) is 10.4. The monoisotopic (exact) mass is 274 g/mol.